The topological polar surface area (TPSA) is 64.7 Å². The molecule has 0 bridgehead atoms. The second-order valence-corrected chi connectivity index (χ2v) is 13.6. The number of nitrogens with zero attached hydrogens (tertiary/aromatic N) is 2. The number of carbonyl (C=O) groups is 2. The largest absolute Gasteiger partial charge is 0.352 e. The third-order valence-corrected chi connectivity index (χ3v) is 9.31. The fourth-order valence-corrected chi connectivity index (χ4v) is 6.15. The molecule has 0 fully saturated rings. The molecule has 0 unspecified atom stereocenters. The van der Waals surface area contributed by atoms with Crippen LogP contribution in [0.2, 0.25) is 0 Å². The highest BCUT2D eigenvalue weighted by Crippen LogP contribution is 2.21. The molecule has 0 saturated carbocycles. The summed E-state index contributed by atoms with van der Waals surface area (Å²) in [5, 5.41) is 6.22. The van der Waals surface area contributed by atoms with Crippen LogP contribution >= 0.6 is 0 Å². The minimum atomic E-state index is -0.0197. The average molecular weight is 663 g/mol. The summed E-state index contributed by atoms with van der Waals surface area (Å²) in [6.07, 6.45) is 20.0. The van der Waals surface area contributed by atoms with Gasteiger partial charge < -0.3 is 20.4 Å². The van der Waals surface area contributed by atoms with Crippen molar-refractivity contribution < 1.29 is 9.59 Å². The molecular weight excluding hydrogens is 592 g/mol. The Morgan fingerprint density at radius 2 is 0.729 bits per heavy atom. The molecule has 0 heterocycles. The Balaban J connectivity index is 1.74. The van der Waals surface area contributed by atoms with E-state index in [9.17, 15) is 9.59 Å². The predicted molar refractivity (Wildman–Crippen MR) is 206 cm³/mol. The van der Waals surface area contributed by atoms with E-state index in [1.165, 1.54) is 103 Å². The van der Waals surface area contributed by atoms with Gasteiger partial charge in [0.1, 0.15) is 0 Å². The van der Waals surface area contributed by atoms with E-state index >= 15 is 0 Å². The number of unbranched alkanes of at least 4 members (excludes halogenated alkanes) is 10. The van der Waals surface area contributed by atoms with Crippen LogP contribution in [0, 0.1) is 0 Å². The van der Waals surface area contributed by atoms with Crippen LogP contribution in [0.15, 0.2) is 48.5 Å². The zero-order chi connectivity index (χ0) is 34.7. The molecule has 2 rings (SSSR count). The fourth-order valence-electron chi connectivity index (χ4n) is 6.15. The summed E-state index contributed by atoms with van der Waals surface area (Å²) >= 11 is 0. The van der Waals surface area contributed by atoms with Crippen molar-refractivity contribution >= 4 is 11.8 Å². The highest BCUT2D eigenvalue weighted by Gasteiger charge is 2.10. The van der Waals surface area contributed by atoms with Crippen molar-refractivity contribution in [1.82, 2.24) is 20.4 Å². The Bertz CT molecular complexity index is 998. The predicted octanol–water partition coefficient (Wildman–Crippen LogP) is 9.74. The van der Waals surface area contributed by atoms with Crippen LogP contribution in [-0.4, -0.2) is 74.0 Å². The van der Waals surface area contributed by atoms with Gasteiger partial charge in [0.15, 0.2) is 0 Å². The Labute approximate surface area is 294 Å². The monoisotopic (exact) mass is 663 g/mol. The number of hydrogen-bond donors (Lipinski definition) is 2. The van der Waals surface area contributed by atoms with Crippen LogP contribution in [0.3, 0.4) is 0 Å². The zero-order valence-electron chi connectivity index (χ0n) is 31.3. The summed E-state index contributed by atoms with van der Waals surface area (Å²) in [7, 11) is 0. The maximum atomic E-state index is 12.8. The Morgan fingerprint density at radius 3 is 1.08 bits per heavy atom. The molecule has 0 radical (unpaired) electrons. The van der Waals surface area contributed by atoms with Crippen molar-refractivity contribution in [1.29, 1.82) is 0 Å². The molecule has 0 spiro atoms. The van der Waals surface area contributed by atoms with E-state index in [2.05, 4.69) is 48.1 Å². The lowest BCUT2D eigenvalue weighted by Crippen LogP contribution is -2.31. The van der Waals surface area contributed by atoms with E-state index in [1.807, 2.05) is 48.5 Å². The van der Waals surface area contributed by atoms with Gasteiger partial charge in [-0.3, -0.25) is 9.59 Å². The second-order valence-electron chi connectivity index (χ2n) is 13.6. The quantitative estimate of drug-likeness (QED) is 0.0852. The van der Waals surface area contributed by atoms with E-state index in [1.54, 1.807) is 0 Å². The van der Waals surface area contributed by atoms with Gasteiger partial charge in [-0.15, -0.1) is 0 Å². The Morgan fingerprint density at radius 1 is 0.417 bits per heavy atom. The summed E-state index contributed by atoms with van der Waals surface area (Å²) in [5.74, 6) is -0.0394. The van der Waals surface area contributed by atoms with E-state index in [4.69, 9.17) is 0 Å². The maximum Gasteiger partial charge on any atom is 0.251 e. The van der Waals surface area contributed by atoms with Gasteiger partial charge in [0.25, 0.3) is 11.8 Å². The van der Waals surface area contributed by atoms with Crippen LogP contribution < -0.4 is 10.6 Å². The number of rotatable bonds is 29. The summed E-state index contributed by atoms with van der Waals surface area (Å²) in [6, 6.07) is 15.5. The van der Waals surface area contributed by atoms with Crippen molar-refractivity contribution in [3.05, 3.63) is 59.7 Å². The van der Waals surface area contributed by atoms with Crippen molar-refractivity contribution in [3.8, 4) is 11.1 Å². The first kappa shape index (κ1) is 41.5. The molecule has 2 aromatic rings. The molecule has 0 saturated heterocycles. The lowest BCUT2D eigenvalue weighted by atomic mass is 10.0. The van der Waals surface area contributed by atoms with E-state index in [0.717, 1.165) is 50.1 Å². The lowest BCUT2D eigenvalue weighted by molar-refractivity contribution is 0.0943. The molecule has 0 atom stereocenters. The molecule has 270 valence electrons. The SMILES string of the molecule is CCCCCCCN(CCCC)CCCNC(=O)c1ccc(-c2ccc(C(=O)NCCCN(CCCC)CCCCCCC)cc2)cc1. The molecule has 48 heavy (non-hydrogen) atoms. The van der Waals surface area contributed by atoms with E-state index < -0.39 is 0 Å². The van der Waals surface area contributed by atoms with Gasteiger partial charge in [0.05, 0.1) is 0 Å². The van der Waals surface area contributed by atoms with Gasteiger partial charge in [0.2, 0.25) is 0 Å². The molecule has 0 aliphatic carbocycles. The molecule has 0 aliphatic rings. The van der Waals surface area contributed by atoms with Crippen LogP contribution in [0.5, 0.6) is 0 Å². The average Bonchev–Trinajstić information content (AvgIpc) is 3.12. The molecule has 2 aromatic carbocycles. The molecule has 2 N–H and O–H groups in total. The number of nitrogens with one attached hydrogen (secondary N) is 2. The van der Waals surface area contributed by atoms with Gasteiger partial charge in [-0.05, 0) is 113 Å². The minimum Gasteiger partial charge on any atom is -0.352 e. The molecule has 2 amide bonds. The summed E-state index contributed by atoms with van der Waals surface area (Å²) in [4.78, 5) is 30.8. The molecule has 0 aliphatic heterocycles. The van der Waals surface area contributed by atoms with E-state index in [-0.39, 0.29) is 11.8 Å². The van der Waals surface area contributed by atoms with Crippen molar-refractivity contribution in [2.45, 2.75) is 130 Å². The van der Waals surface area contributed by atoms with Crippen LogP contribution in [0.4, 0.5) is 0 Å². The smallest absolute Gasteiger partial charge is 0.251 e. The maximum absolute atomic E-state index is 12.8. The van der Waals surface area contributed by atoms with Crippen LogP contribution in [-0.2, 0) is 0 Å². The minimum absolute atomic E-state index is 0.0197. The molecular formula is C42H70N4O2. The van der Waals surface area contributed by atoms with Gasteiger partial charge in [0, 0.05) is 24.2 Å². The highest BCUT2D eigenvalue weighted by molar-refractivity contribution is 5.95. The highest BCUT2D eigenvalue weighted by atomic mass is 16.2. The molecule has 6 heteroatoms. The summed E-state index contributed by atoms with van der Waals surface area (Å²) in [6.45, 7) is 17.1. The third-order valence-electron chi connectivity index (χ3n) is 9.31. The first-order valence-electron chi connectivity index (χ1n) is 19.7. The number of amides is 2. The van der Waals surface area contributed by atoms with Crippen molar-refractivity contribution in [3.63, 3.8) is 0 Å². The molecule has 6 nitrogen and oxygen atoms in total. The lowest BCUT2D eigenvalue weighted by Gasteiger charge is -2.22. The molecule has 0 aromatic heterocycles. The summed E-state index contributed by atoms with van der Waals surface area (Å²) < 4.78 is 0. The fraction of sp³-hybridized carbons (Fsp3) is 0.667. The van der Waals surface area contributed by atoms with Gasteiger partial charge >= 0.3 is 0 Å². The Hall–Kier alpha value is -2.70. The first-order chi connectivity index (χ1) is 23.5. The third kappa shape index (κ3) is 18.2. The van der Waals surface area contributed by atoms with E-state index in [0.29, 0.717) is 24.2 Å². The van der Waals surface area contributed by atoms with Gasteiger partial charge in [-0.2, -0.15) is 0 Å². The standard InChI is InChI=1S/C42H70N4O2/c1-5-9-13-15-17-33-45(31-11-7-3)35-19-29-43-41(47)39-25-21-37(22-26-39)38-23-27-40(28-24-38)42(48)44-30-20-36-46(32-12-8-4)34-18-16-14-10-6-2/h21-28H,5-20,29-36H2,1-4H3,(H,43,47)(H,44,48). The summed E-state index contributed by atoms with van der Waals surface area (Å²) in [5.41, 5.74) is 3.42. The normalized spacial score (nSPS) is 11.4. The van der Waals surface area contributed by atoms with Crippen LogP contribution in [0.1, 0.15) is 151 Å². The van der Waals surface area contributed by atoms with Gasteiger partial charge in [-0.1, -0.05) is 116 Å². The number of hydrogen-bond acceptors (Lipinski definition) is 4. The van der Waals surface area contributed by atoms with Crippen LogP contribution in [0.25, 0.3) is 11.1 Å². The van der Waals surface area contributed by atoms with Crippen molar-refractivity contribution in [2.24, 2.45) is 0 Å². The number of benzene rings is 2. The van der Waals surface area contributed by atoms with Gasteiger partial charge in [-0.25, -0.2) is 0 Å². The first-order valence-corrected chi connectivity index (χ1v) is 19.7. The Kier molecular flexibility index (Phi) is 23.5. The second kappa shape index (κ2) is 27.2. The van der Waals surface area contributed by atoms with Crippen molar-refractivity contribution in [2.75, 3.05) is 52.4 Å². The zero-order valence-corrected chi connectivity index (χ0v) is 31.3. The number of carbonyl (C=O) groups excluding carboxylic acids is 2.